The molecule has 1 unspecified atom stereocenters. The molecule has 1 fully saturated rings. The fourth-order valence-corrected chi connectivity index (χ4v) is 1.97. The number of nitrogens with zero attached hydrogens (tertiary/aromatic N) is 2. The Labute approximate surface area is 103 Å². The summed E-state index contributed by atoms with van der Waals surface area (Å²) in [4.78, 5) is 17.9. The molecular formula is C11H14BrN3O. The summed E-state index contributed by atoms with van der Waals surface area (Å²) < 4.78 is 0.955. The third kappa shape index (κ3) is 2.59. The average molecular weight is 284 g/mol. The lowest BCUT2D eigenvalue weighted by atomic mass is 10.2. The molecule has 0 aliphatic carbocycles. The maximum Gasteiger partial charge on any atom is 0.239 e. The van der Waals surface area contributed by atoms with E-state index in [0.717, 1.165) is 23.3 Å². The van der Waals surface area contributed by atoms with E-state index in [-0.39, 0.29) is 11.9 Å². The van der Waals surface area contributed by atoms with Gasteiger partial charge in [-0.2, -0.15) is 0 Å². The second-order valence-corrected chi connectivity index (χ2v) is 4.82. The van der Waals surface area contributed by atoms with Crippen molar-refractivity contribution in [2.75, 3.05) is 13.1 Å². The maximum atomic E-state index is 11.8. The van der Waals surface area contributed by atoms with Crippen LogP contribution in [0.3, 0.4) is 0 Å². The van der Waals surface area contributed by atoms with Gasteiger partial charge in [-0.1, -0.05) is 0 Å². The van der Waals surface area contributed by atoms with E-state index in [4.69, 9.17) is 0 Å². The van der Waals surface area contributed by atoms with Gasteiger partial charge >= 0.3 is 0 Å². The molecule has 1 saturated heterocycles. The van der Waals surface area contributed by atoms with Gasteiger partial charge in [0.25, 0.3) is 0 Å². The van der Waals surface area contributed by atoms with E-state index in [9.17, 15) is 4.79 Å². The number of halogens is 1. The summed E-state index contributed by atoms with van der Waals surface area (Å²) in [6.45, 7) is 4.09. The fourth-order valence-electron chi connectivity index (χ4n) is 1.74. The van der Waals surface area contributed by atoms with Gasteiger partial charge in [-0.3, -0.25) is 9.78 Å². The number of hydrogen-bond acceptors (Lipinski definition) is 3. The minimum Gasteiger partial charge on any atom is -0.334 e. The van der Waals surface area contributed by atoms with Crippen LogP contribution in [0.5, 0.6) is 0 Å². The summed E-state index contributed by atoms with van der Waals surface area (Å²) in [5, 5.41) is 3.14. The van der Waals surface area contributed by atoms with Crippen LogP contribution in [0.25, 0.3) is 0 Å². The van der Waals surface area contributed by atoms with E-state index >= 15 is 0 Å². The Morgan fingerprint density at radius 3 is 3.12 bits per heavy atom. The first-order valence-corrected chi connectivity index (χ1v) is 6.09. The van der Waals surface area contributed by atoms with E-state index in [0.29, 0.717) is 6.54 Å². The molecule has 2 rings (SSSR count). The molecule has 0 aromatic carbocycles. The normalized spacial score (nSPS) is 21.2. The first-order valence-electron chi connectivity index (χ1n) is 5.29. The standard InChI is InChI=1S/C11H14BrN3O/c1-8-11(16)15(5-4-13-8)7-10-3-2-9(12)6-14-10/h2-3,6,8,13H,4-5,7H2,1H3. The second kappa shape index (κ2) is 4.93. The lowest BCUT2D eigenvalue weighted by molar-refractivity contribution is -0.135. The minimum absolute atomic E-state index is 0.0794. The molecule has 4 nitrogen and oxygen atoms in total. The highest BCUT2D eigenvalue weighted by atomic mass is 79.9. The number of piperazine rings is 1. The highest BCUT2D eigenvalue weighted by molar-refractivity contribution is 9.10. The first kappa shape index (κ1) is 11.5. The van der Waals surface area contributed by atoms with Crippen molar-refractivity contribution in [3.63, 3.8) is 0 Å². The molecule has 5 heteroatoms. The van der Waals surface area contributed by atoms with E-state index < -0.39 is 0 Å². The van der Waals surface area contributed by atoms with Gasteiger partial charge in [-0.05, 0) is 35.0 Å². The van der Waals surface area contributed by atoms with Crippen LogP contribution < -0.4 is 5.32 Å². The lowest BCUT2D eigenvalue weighted by Gasteiger charge is -2.31. The Bertz CT molecular complexity index is 379. The van der Waals surface area contributed by atoms with Crippen molar-refractivity contribution in [1.82, 2.24) is 15.2 Å². The van der Waals surface area contributed by atoms with Crippen molar-refractivity contribution in [2.45, 2.75) is 19.5 Å². The number of rotatable bonds is 2. The van der Waals surface area contributed by atoms with Crippen molar-refractivity contribution < 1.29 is 4.79 Å². The molecule has 0 spiro atoms. The summed E-state index contributed by atoms with van der Waals surface area (Å²) in [5.41, 5.74) is 0.922. The van der Waals surface area contributed by atoms with Gasteiger partial charge in [0, 0.05) is 23.8 Å². The van der Waals surface area contributed by atoms with Gasteiger partial charge < -0.3 is 10.2 Å². The van der Waals surface area contributed by atoms with Crippen LogP contribution in [0.4, 0.5) is 0 Å². The summed E-state index contributed by atoms with van der Waals surface area (Å²) in [6, 6.07) is 3.80. The Kier molecular flexibility index (Phi) is 3.56. The number of carbonyl (C=O) groups excluding carboxylic acids is 1. The third-order valence-electron chi connectivity index (χ3n) is 2.66. The quantitative estimate of drug-likeness (QED) is 0.886. The third-order valence-corrected chi connectivity index (χ3v) is 3.12. The Morgan fingerprint density at radius 1 is 1.62 bits per heavy atom. The summed E-state index contributed by atoms with van der Waals surface area (Å²) >= 11 is 3.34. The van der Waals surface area contributed by atoms with Gasteiger partial charge in [0.1, 0.15) is 0 Å². The van der Waals surface area contributed by atoms with Crippen molar-refractivity contribution >= 4 is 21.8 Å². The SMILES string of the molecule is CC1NCCN(Cc2ccc(Br)cn2)C1=O. The monoisotopic (exact) mass is 283 g/mol. The van der Waals surface area contributed by atoms with Crippen LogP contribution in [0.2, 0.25) is 0 Å². The maximum absolute atomic E-state index is 11.8. The highest BCUT2D eigenvalue weighted by Gasteiger charge is 2.24. The molecule has 1 amide bonds. The molecule has 0 radical (unpaired) electrons. The lowest BCUT2D eigenvalue weighted by Crippen LogP contribution is -2.53. The van der Waals surface area contributed by atoms with E-state index in [2.05, 4.69) is 26.2 Å². The fraction of sp³-hybridized carbons (Fsp3) is 0.455. The number of hydrogen-bond donors (Lipinski definition) is 1. The van der Waals surface area contributed by atoms with Crippen molar-refractivity contribution in [1.29, 1.82) is 0 Å². The zero-order chi connectivity index (χ0) is 11.5. The number of pyridine rings is 1. The average Bonchev–Trinajstić information content (AvgIpc) is 2.28. The van der Waals surface area contributed by atoms with Gasteiger partial charge in [0.2, 0.25) is 5.91 Å². The van der Waals surface area contributed by atoms with Gasteiger partial charge in [-0.25, -0.2) is 0 Å². The van der Waals surface area contributed by atoms with E-state index in [1.807, 2.05) is 24.0 Å². The van der Waals surface area contributed by atoms with E-state index in [1.54, 1.807) is 6.20 Å². The van der Waals surface area contributed by atoms with Crippen LogP contribution in [-0.2, 0) is 11.3 Å². The number of aromatic nitrogens is 1. The summed E-state index contributed by atoms with van der Waals surface area (Å²) in [7, 11) is 0. The molecule has 1 aliphatic heterocycles. The van der Waals surface area contributed by atoms with Crippen LogP contribution >= 0.6 is 15.9 Å². The molecule has 1 aromatic heterocycles. The molecule has 2 heterocycles. The molecule has 1 atom stereocenters. The Hall–Kier alpha value is -0.940. The van der Waals surface area contributed by atoms with Gasteiger partial charge in [-0.15, -0.1) is 0 Å². The Morgan fingerprint density at radius 2 is 2.44 bits per heavy atom. The van der Waals surface area contributed by atoms with Crippen molar-refractivity contribution in [3.05, 3.63) is 28.5 Å². The van der Waals surface area contributed by atoms with E-state index in [1.165, 1.54) is 0 Å². The van der Waals surface area contributed by atoms with Crippen LogP contribution in [0, 0.1) is 0 Å². The molecule has 16 heavy (non-hydrogen) atoms. The predicted molar refractivity (Wildman–Crippen MR) is 64.8 cm³/mol. The van der Waals surface area contributed by atoms with Gasteiger partial charge in [0.05, 0.1) is 18.3 Å². The van der Waals surface area contributed by atoms with Gasteiger partial charge in [0.15, 0.2) is 0 Å². The first-order chi connectivity index (χ1) is 7.66. The second-order valence-electron chi connectivity index (χ2n) is 3.90. The molecule has 1 aromatic rings. The number of carbonyl (C=O) groups is 1. The number of nitrogens with one attached hydrogen (secondary N) is 1. The number of amides is 1. The zero-order valence-electron chi connectivity index (χ0n) is 9.11. The topological polar surface area (TPSA) is 45.2 Å². The molecule has 0 bridgehead atoms. The molecule has 86 valence electrons. The predicted octanol–water partition coefficient (Wildman–Crippen LogP) is 1.16. The van der Waals surface area contributed by atoms with Crippen molar-refractivity contribution in [2.24, 2.45) is 0 Å². The van der Waals surface area contributed by atoms with Crippen LogP contribution in [0.1, 0.15) is 12.6 Å². The molecule has 0 saturated carbocycles. The highest BCUT2D eigenvalue weighted by Crippen LogP contribution is 2.10. The largest absolute Gasteiger partial charge is 0.334 e. The summed E-state index contributed by atoms with van der Waals surface area (Å²) in [5.74, 6) is 0.149. The van der Waals surface area contributed by atoms with Crippen LogP contribution in [-0.4, -0.2) is 34.9 Å². The zero-order valence-corrected chi connectivity index (χ0v) is 10.7. The molecular weight excluding hydrogens is 270 g/mol. The molecule has 1 N–H and O–H groups in total. The smallest absolute Gasteiger partial charge is 0.239 e. The minimum atomic E-state index is -0.0794. The van der Waals surface area contributed by atoms with Crippen molar-refractivity contribution in [3.8, 4) is 0 Å². The summed E-state index contributed by atoms with van der Waals surface area (Å²) in [6.07, 6.45) is 1.76. The molecule has 1 aliphatic rings. The van der Waals surface area contributed by atoms with Crippen LogP contribution in [0.15, 0.2) is 22.8 Å². The Balaban J connectivity index is 2.03.